The van der Waals surface area contributed by atoms with Gasteiger partial charge in [0.05, 0.1) is 0 Å². The van der Waals surface area contributed by atoms with Gasteiger partial charge in [0.1, 0.15) is 0 Å². The summed E-state index contributed by atoms with van der Waals surface area (Å²) in [5.74, 6) is 0. The van der Waals surface area contributed by atoms with Crippen molar-refractivity contribution in [2.24, 2.45) is 0 Å². The molecule has 0 amide bonds. The van der Waals surface area contributed by atoms with Crippen LogP contribution in [0.2, 0.25) is 0 Å². The molecule has 0 unspecified atom stereocenters. The van der Waals surface area contributed by atoms with E-state index < -0.39 is 89.0 Å². The molecule has 0 aliphatic heterocycles. The summed E-state index contributed by atoms with van der Waals surface area (Å²) in [4.78, 5) is -3.27. The Balaban J connectivity index is 2.28. The molecule has 296 valence electrons. The standard InChI is InChI=1S/C33H34O15P2S5/c1-2-18-49(24-8-3-13-29(19-24)51(34,35)36,25-9-4-14-30(20-25)52(37,38)39)50(26-10-5-15-31(21-26)53(40,41)42,27-11-6-16-32(22-27)54(43,44)45)28-12-7-17-33(23-28)55(46,47)48/h3-17,19-23,49-50H,2,18H2,1H3,(H,34,35,36)(H,37,38,39)(H,40,41,42)(H,43,44,45)(H,46,47,48). The molecular formula is C33H34O15P2S5. The quantitative estimate of drug-likeness (QED) is 0.0840. The summed E-state index contributed by atoms with van der Waals surface area (Å²) < 4.78 is 179. The number of hydrogen-bond donors (Lipinski definition) is 5. The molecule has 0 heterocycles. The second-order valence-corrected chi connectivity index (χ2v) is 31.0. The third-order valence-corrected chi connectivity index (χ3v) is 31.0. The molecule has 5 N–H and O–H groups in total. The van der Waals surface area contributed by atoms with E-state index in [9.17, 15) is 64.9 Å². The van der Waals surface area contributed by atoms with Crippen LogP contribution in [0, 0.1) is 0 Å². The molecule has 0 saturated heterocycles. The summed E-state index contributed by atoms with van der Waals surface area (Å²) in [7, 11) is -25.0. The summed E-state index contributed by atoms with van der Waals surface area (Å²) in [5.41, 5.74) is 0. The van der Waals surface area contributed by atoms with E-state index in [1.165, 1.54) is 60.7 Å². The van der Waals surface area contributed by atoms with Gasteiger partial charge < -0.3 is 0 Å². The summed E-state index contributed by atoms with van der Waals surface area (Å²) in [5, 5.41) is 0.317. The zero-order valence-corrected chi connectivity index (χ0v) is 34.4. The molecule has 0 aromatic heterocycles. The SMILES string of the molecule is CCC[PH](c1cccc(S(=O)(=O)O)c1)(c1cccc(S(=O)(=O)O)c1)[PH](c1cccc(S(=O)(=O)O)c1)(c1cccc(S(=O)(=O)O)c1)c1cccc(S(=O)(=O)O)c1. The molecule has 5 aromatic rings. The summed E-state index contributed by atoms with van der Waals surface area (Å²) >= 11 is 0. The Bertz CT molecular complexity index is 2620. The summed E-state index contributed by atoms with van der Waals surface area (Å²) in [6.07, 6.45) is 0.145. The molecule has 0 fully saturated rings. The van der Waals surface area contributed by atoms with Crippen molar-refractivity contribution in [3.05, 3.63) is 121 Å². The third-order valence-electron chi connectivity index (χ3n) is 9.21. The van der Waals surface area contributed by atoms with Crippen molar-refractivity contribution in [2.75, 3.05) is 6.16 Å². The van der Waals surface area contributed by atoms with Crippen LogP contribution in [0.15, 0.2) is 146 Å². The molecule has 0 spiro atoms. The van der Waals surface area contributed by atoms with Gasteiger partial charge in [0.2, 0.25) is 0 Å². The van der Waals surface area contributed by atoms with Gasteiger partial charge in [0, 0.05) is 0 Å². The van der Waals surface area contributed by atoms with E-state index in [0.717, 1.165) is 60.7 Å². The van der Waals surface area contributed by atoms with Crippen LogP contribution in [-0.4, -0.2) is 71.0 Å². The topological polar surface area (TPSA) is 272 Å². The Morgan fingerprint density at radius 3 is 0.818 bits per heavy atom. The van der Waals surface area contributed by atoms with Gasteiger partial charge in [-0.25, -0.2) is 0 Å². The Morgan fingerprint density at radius 2 is 0.600 bits per heavy atom. The molecule has 0 saturated carbocycles. The van der Waals surface area contributed by atoms with E-state index in [1.807, 2.05) is 0 Å². The average molecular weight is 893 g/mol. The van der Waals surface area contributed by atoms with E-state index in [2.05, 4.69) is 0 Å². The van der Waals surface area contributed by atoms with Gasteiger partial charge in [-0.2, -0.15) is 0 Å². The zero-order chi connectivity index (χ0) is 40.8. The molecule has 0 aliphatic rings. The first kappa shape index (κ1) is 42.6. The molecule has 5 rings (SSSR count). The molecule has 0 bridgehead atoms. The average Bonchev–Trinajstić information content (AvgIpc) is 3.10. The Kier molecular flexibility index (Phi) is 11.7. The van der Waals surface area contributed by atoms with Crippen molar-refractivity contribution in [3.8, 4) is 0 Å². The fraction of sp³-hybridized carbons (Fsp3) is 0.0909. The van der Waals surface area contributed by atoms with E-state index in [4.69, 9.17) is 0 Å². The molecule has 55 heavy (non-hydrogen) atoms. The fourth-order valence-electron chi connectivity index (χ4n) is 7.20. The van der Waals surface area contributed by atoms with Gasteiger partial charge in [-0.3, -0.25) is 0 Å². The van der Waals surface area contributed by atoms with Crippen LogP contribution < -0.4 is 26.5 Å². The second kappa shape index (κ2) is 15.1. The maximum absolute atomic E-state index is 12.8. The molecule has 0 radical (unpaired) electrons. The van der Waals surface area contributed by atoms with Gasteiger partial charge in [0.15, 0.2) is 0 Å². The number of rotatable bonds is 13. The van der Waals surface area contributed by atoms with Crippen LogP contribution in [-0.2, 0) is 50.6 Å². The first-order valence-electron chi connectivity index (χ1n) is 15.8. The molecule has 15 nitrogen and oxygen atoms in total. The number of benzene rings is 5. The van der Waals surface area contributed by atoms with Gasteiger partial charge in [0.25, 0.3) is 0 Å². The first-order valence-corrected chi connectivity index (χ1v) is 28.2. The minimum absolute atomic E-state index is 0.0252. The Hall–Kier alpha value is -3.49. The third kappa shape index (κ3) is 8.32. The van der Waals surface area contributed by atoms with Crippen molar-refractivity contribution in [2.45, 2.75) is 37.8 Å². The van der Waals surface area contributed by atoms with Crippen LogP contribution >= 0.6 is 13.9 Å². The predicted molar refractivity (Wildman–Crippen MR) is 211 cm³/mol. The van der Waals surface area contributed by atoms with Crippen molar-refractivity contribution in [1.82, 2.24) is 0 Å². The van der Waals surface area contributed by atoms with Crippen LogP contribution in [0.5, 0.6) is 0 Å². The zero-order valence-electron chi connectivity index (χ0n) is 28.3. The van der Waals surface area contributed by atoms with Crippen molar-refractivity contribution >= 4 is 91.0 Å². The van der Waals surface area contributed by atoms with Gasteiger partial charge in [-0.1, -0.05) is 0 Å². The van der Waals surface area contributed by atoms with Crippen LogP contribution in [0.1, 0.15) is 13.3 Å². The summed E-state index contributed by atoms with van der Waals surface area (Å²) in [6, 6.07) is 24.2. The van der Waals surface area contributed by atoms with E-state index in [1.54, 1.807) is 6.92 Å². The number of hydrogen-bond acceptors (Lipinski definition) is 10. The van der Waals surface area contributed by atoms with Crippen molar-refractivity contribution in [3.63, 3.8) is 0 Å². The Labute approximate surface area is 319 Å². The minimum atomic E-state index is -5.01. The molecule has 22 heteroatoms. The van der Waals surface area contributed by atoms with Crippen LogP contribution in [0.4, 0.5) is 0 Å². The summed E-state index contributed by atoms with van der Waals surface area (Å²) in [6.45, 7) is -7.49. The van der Waals surface area contributed by atoms with Gasteiger partial charge >= 0.3 is 321 Å². The van der Waals surface area contributed by atoms with Crippen LogP contribution in [0.25, 0.3) is 0 Å². The Morgan fingerprint density at radius 1 is 0.382 bits per heavy atom. The first-order chi connectivity index (χ1) is 25.4. The van der Waals surface area contributed by atoms with Gasteiger partial charge in [-0.05, 0) is 0 Å². The molecular weight excluding hydrogens is 859 g/mol. The van der Waals surface area contributed by atoms with Crippen molar-refractivity contribution in [1.29, 1.82) is 0 Å². The van der Waals surface area contributed by atoms with Gasteiger partial charge in [-0.15, -0.1) is 0 Å². The predicted octanol–water partition coefficient (Wildman–Crippen LogP) is 2.67. The maximum atomic E-state index is 12.8. The molecule has 5 aromatic carbocycles. The molecule has 0 aliphatic carbocycles. The second-order valence-electron chi connectivity index (χ2n) is 12.4. The normalized spacial score (nSPS) is 14.0. The fourth-order valence-corrected chi connectivity index (χ4v) is 30.7. The van der Waals surface area contributed by atoms with E-state index in [0.29, 0.717) is 0 Å². The van der Waals surface area contributed by atoms with E-state index in [-0.39, 0.29) is 39.1 Å². The monoisotopic (exact) mass is 892 g/mol. The van der Waals surface area contributed by atoms with Crippen LogP contribution in [0.3, 0.4) is 0 Å². The van der Waals surface area contributed by atoms with Crippen molar-refractivity contribution < 1.29 is 64.9 Å². The molecule has 0 atom stereocenters. The van der Waals surface area contributed by atoms with E-state index >= 15 is 0 Å².